The molecule has 0 bridgehead atoms. The Morgan fingerprint density at radius 1 is 1.17 bits per heavy atom. The van der Waals surface area contributed by atoms with Gasteiger partial charge in [-0.25, -0.2) is 17.5 Å². The van der Waals surface area contributed by atoms with Crippen LogP contribution in [0.3, 0.4) is 0 Å². The fourth-order valence-corrected chi connectivity index (χ4v) is 4.83. The molecule has 2 fully saturated rings. The van der Waals surface area contributed by atoms with Gasteiger partial charge in [0.05, 0.1) is 5.75 Å². The van der Waals surface area contributed by atoms with Crippen molar-refractivity contribution in [1.29, 1.82) is 0 Å². The van der Waals surface area contributed by atoms with E-state index in [1.54, 1.807) is 0 Å². The van der Waals surface area contributed by atoms with Crippen LogP contribution in [-0.2, 0) is 20.6 Å². The molecule has 0 unspecified atom stereocenters. The van der Waals surface area contributed by atoms with E-state index < -0.39 is 10.0 Å². The molecule has 1 saturated carbocycles. The molecule has 1 saturated heterocycles. The molecule has 1 aromatic rings. The van der Waals surface area contributed by atoms with Gasteiger partial charge in [0.2, 0.25) is 15.9 Å². The Hall–Kier alpha value is -1.47. The second-order valence-electron chi connectivity index (χ2n) is 6.79. The molecule has 1 N–H and O–H groups in total. The maximum absolute atomic E-state index is 12.9. The highest BCUT2D eigenvalue weighted by atomic mass is 32.2. The van der Waals surface area contributed by atoms with E-state index in [0.717, 1.165) is 12.8 Å². The molecular weight excluding hydrogens is 331 g/mol. The lowest BCUT2D eigenvalue weighted by atomic mass is 10.1. The van der Waals surface area contributed by atoms with Crippen LogP contribution < -0.4 is 4.72 Å². The van der Waals surface area contributed by atoms with Crippen molar-refractivity contribution < 1.29 is 17.6 Å². The molecule has 1 aromatic carbocycles. The van der Waals surface area contributed by atoms with Crippen molar-refractivity contribution in [2.75, 3.05) is 13.1 Å². The Morgan fingerprint density at radius 2 is 1.83 bits per heavy atom. The van der Waals surface area contributed by atoms with Crippen LogP contribution in [0.4, 0.5) is 4.39 Å². The van der Waals surface area contributed by atoms with Gasteiger partial charge in [0.1, 0.15) is 5.82 Å². The van der Waals surface area contributed by atoms with Crippen LogP contribution >= 0.6 is 0 Å². The number of carbonyl (C=O) groups is 1. The molecule has 1 heterocycles. The molecular formula is C17H23FN2O3S. The number of halogens is 1. The van der Waals surface area contributed by atoms with E-state index in [9.17, 15) is 17.6 Å². The van der Waals surface area contributed by atoms with Crippen molar-refractivity contribution in [3.63, 3.8) is 0 Å². The zero-order chi connectivity index (χ0) is 17.2. The molecule has 0 spiro atoms. The summed E-state index contributed by atoms with van der Waals surface area (Å²) >= 11 is 0. The number of sulfonamides is 1. The molecule has 1 aliphatic carbocycles. The monoisotopic (exact) mass is 354 g/mol. The number of hydrogen-bond donors (Lipinski definition) is 1. The minimum absolute atomic E-state index is 0.0288. The van der Waals surface area contributed by atoms with E-state index in [-0.39, 0.29) is 29.9 Å². The standard InChI is InChI=1S/C17H23FN2O3S/c18-15-7-5-13(6-8-15)12-24(22,23)19-10-14-9-17(21)20(11-14)16-3-1-2-4-16/h5-8,14,16,19H,1-4,9-12H2/t14-/m1/s1. The fraction of sp³-hybridized carbons (Fsp3) is 0.588. The maximum Gasteiger partial charge on any atom is 0.223 e. The highest BCUT2D eigenvalue weighted by Crippen LogP contribution is 2.29. The van der Waals surface area contributed by atoms with Crippen molar-refractivity contribution in [2.45, 2.75) is 43.9 Å². The number of nitrogens with one attached hydrogen (secondary N) is 1. The van der Waals surface area contributed by atoms with E-state index in [4.69, 9.17) is 0 Å². The summed E-state index contributed by atoms with van der Waals surface area (Å²) in [4.78, 5) is 14.1. The van der Waals surface area contributed by atoms with Crippen molar-refractivity contribution in [2.24, 2.45) is 5.92 Å². The average molecular weight is 354 g/mol. The Kier molecular flexibility index (Phi) is 5.20. The van der Waals surface area contributed by atoms with Crippen molar-refractivity contribution in [1.82, 2.24) is 9.62 Å². The number of amides is 1. The highest BCUT2D eigenvalue weighted by molar-refractivity contribution is 7.88. The molecule has 1 amide bonds. The third-order valence-electron chi connectivity index (χ3n) is 4.87. The number of hydrogen-bond acceptors (Lipinski definition) is 3. The van der Waals surface area contributed by atoms with Crippen LogP contribution in [0.15, 0.2) is 24.3 Å². The van der Waals surface area contributed by atoms with Gasteiger partial charge in [-0.2, -0.15) is 0 Å². The van der Waals surface area contributed by atoms with Gasteiger partial charge in [0, 0.05) is 25.6 Å². The van der Waals surface area contributed by atoms with Crippen LogP contribution in [0.5, 0.6) is 0 Å². The van der Waals surface area contributed by atoms with Crippen LogP contribution in [0.25, 0.3) is 0 Å². The molecule has 3 rings (SSSR count). The summed E-state index contributed by atoms with van der Waals surface area (Å²) in [7, 11) is -3.49. The average Bonchev–Trinajstić information content (AvgIpc) is 3.17. The zero-order valence-electron chi connectivity index (χ0n) is 13.6. The lowest BCUT2D eigenvalue weighted by Gasteiger charge is -2.24. The third-order valence-corrected chi connectivity index (χ3v) is 6.19. The normalized spacial score (nSPS) is 22.5. The summed E-state index contributed by atoms with van der Waals surface area (Å²) in [6, 6.07) is 5.78. The van der Waals surface area contributed by atoms with Gasteiger partial charge >= 0.3 is 0 Å². The molecule has 1 aliphatic heterocycles. The quantitative estimate of drug-likeness (QED) is 0.850. The molecule has 24 heavy (non-hydrogen) atoms. The first-order valence-electron chi connectivity index (χ1n) is 8.44. The minimum Gasteiger partial charge on any atom is -0.339 e. The van der Waals surface area contributed by atoms with Gasteiger partial charge in [0.15, 0.2) is 0 Å². The molecule has 7 heteroatoms. The first-order valence-corrected chi connectivity index (χ1v) is 10.1. The molecule has 2 aliphatic rings. The summed E-state index contributed by atoms with van der Waals surface area (Å²) in [5.74, 6) is -0.397. The Labute approximate surface area is 142 Å². The topological polar surface area (TPSA) is 66.5 Å². The second kappa shape index (κ2) is 7.19. The molecule has 1 atom stereocenters. The van der Waals surface area contributed by atoms with Gasteiger partial charge < -0.3 is 4.90 Å². The second-order valence-corrected chi connectivity index (χ2v) is 8.60. The predicted molar refractivity (Wildman–Crippen MR) is 89.1 cm³/mol. The van der Waals surface area contributed by atoms with Crippen LogP contribution in [0.2, 0.25) is 0 Å². The summed E-state index contributed by atoms with van der Waals surface area (Å²) in [6.45, 7) is 0.918. The summed E-state index contributed by atoms with van der Waals surface area (Å²) < 4.78 is 39.8. The summed E-state index contributed by atoms with van der Waals surface area (Å²) in [5.41, 5.74) is 0.541. The van der Waals surface area contributed by atoms with E-state index >= 15 is 0 Å². The van der Waals surface area contributed by atoms with Gasteiger partial charge in [-0.05, 0) is 36.5 Å². The van der Waals surface area contributed by atoms with Crippen LogP contribution in [-0.4, -0.2) is 38.4 Å². The third kappa shape index (κ3) is 4.33. The lowest BCUT2D eigenvalue weighted by molar-refractivity contribution is -0.129. The van der Waals surface area contributed by atoms with Gasteiger partial charge in [-0.15, -0.1) is 0 Å². The van der Waals surface area contributed by atoms with E-state index in [1.807, 2.05) is 4.90 Å². The SMILES string of the molecule is O=C1C[C@H](CNS(=O)(=O)Cc2ccc(F)cc2)CN1C1CCCC1. The fourth-order valence-electron chi connectivity index (χ4n) is 3.61. The largest absolute Gasteiger partial charge is 0.339 e. The van der Waals surface area contributed by atoms with Gasteiger partial charge in [-0.3, -0.25) is 4.79 Å². The van der Waals surface area contributed by atoms with Gasteiger partial charge in [-0.1, -0.05) is 25.0 Å². The van der Waals surface area contributed by atoms with Crippen molar-refractivity contribution in [3.05, 3.63) is 35.6 Å². The predicted octanol–water partition coefficient (Wildman–Crippen LogP) is 2.04. The van der Waals surface area contributed by atoms with Crippen molar-refractivity contribution >= 4 is 15.9 Å². The number of carbonyl (C=O) groups excluding carboxylic acids is 1. The van der Waals surface area contributed by atoms with Crippen molar-refractivity contribution in [3.8, 4) is 0 Å². The molecule has 0 radical (unpaired) electrons. The first-order chi connectivity index (χ1) is 11.4. The van der Waals surface area contributed by atoms with E-state index in [2.05, 4.69) is 4.72 Å². The van der Waals surface area contributed by atoms with E-state index in [0.29, 0.717) is 24.6 Å². The van der Waals surface area contributed by atoms with E-state index in [1.165, 1.54) is 37.1 Å². The Bertz CT molecular complexity index is 684. The first kappa shape index (κ1) is 17.4. The summed E-state index contributed by atoms with van der Waals surface area (Å²) in [5, 5.41) is 0. The molecule has 0 aromatic heterocycles. The minimum atomic E-state index is -3.49. The zero-order valence-corrected chi connectivity index (χ0v) is 14.4. The maximum atomic E-state index is 12.9. The van der Waals surface area contributed by atoms with Gasteiger partial charge in [0.25, 0.3) is 0 Å². The van der Waals surface area contributed by atoms with Crippen LogP contribution in [0.1, 0.15) is 37.7 Å². The number of likely N-dealkylation sites (tertiary alicyclic amines) is 1. The smallest absolute Gasteiger partial charge is 0.223 e. The molecule has 132 valence electrons. The number of rotatable bonds is 6. The lowest BCUT2D eigenvalue weighted by Crippen LogP contribution is -2.36. The summed E-state index contributed by atoms with van der Waals surface area (Å²) in [6.07, 6.45) is 4.88. The number of benzene rings is 1. The Morgan fingerprint density at radius 3 is 2.50 bits per heavy atom. The van der Waals surface area contributed by atoms with Crippen LogP contribution in [0, 0.1) is 11.7 Å². The number of nitrogens with zero attached hydrogens (tertiary/aromatic N) is 1. The Balaban J connectivity index is 1.51. The highest BCUT2D eigenvalue weighted by Gasteiger charge is 2.35. The molecule has 5 nitrogen and oxygen atoms in total.